The van der Waals surface area contributed by atoms with Crippen LogP contribution in [0.2, 0.25) is 0 Å². The van der Waals surface area contributed by atoms with E-state index < -0.39 is 0 Å². The Labute approximate surface area is 95.8 Å². The number of hydrogen-bond acceptors (Lipinski definition) is 4. The van der Waals surface area contributed by atoms with Crippen molar-refractivity contribution < 1.29 is 5.11 Å². The van der Waals surface area contributed by atoms with Crippen molar-refractivity contribution in [3.05, 3.63) is 6.20 Å². The molecule has 0 saturated carbocycles. The maximum atomic E-state index is 9.43. The van der Waals surface area contributed by atoms with Gasteiger partial charge in [0.15, 0.2) is 5.82 Å². The highest BCUT2D eigenvalue weighted by atomic mass is 16.3. The second-order valence-electron chi connectivity index (χ2n) is 4.46. The number of aliphatic hydroxyl groups is 1. The summed E-state index contributed by atoms with van der Waals surface area (Å²) in [7, 11) is 1.87. The summed E-state index contributed by atoms with van der Waals surface area (Å²) in [5.74, 6) is 0.823. The van der Waals surface area contributed by atoms with E-state index in [9.17, 15) is 5.11 Å². The lowest BCUT2D eigenvalue weighted by Crippen LogP contribution is -2.38. The second-order valence-corrected chi connectivity index (χ2v) is 4.46. The molecule has 0 bridgehead atoms. The summed E-state index contributed by atoms with van der Waals surface area (Å²) in [5, 5.41) is 13.8. The van der Waals surface area contributed by atoms with Gasteiger partial charge < -0.3 is 15.7 Å². The fourth-order valence-corrected chi connectivity index (χ4v) is 2.36. The van der Waals surface area contributed by atoms with Crippen LogP contribution in [0.5, 0.6) is 0 Å². The molecule has 1 aliphatic rings. The van der Waals surface area contributed by atoms with Crippen LogP contribution < -0.4 is 10.6 Å². The molecule has 0 amide bonds. The zero-order valence-corrected chi connectivity index (χ0v) is 9.76. The molecule has 5 nitrogen and oxygen atoms in total. The highest BCUT2D eigenvalue weighted by Gasteiger charge is 2.24. The van der Waals surface area contributed by atoms with Crippen LogP contribution in [0.4, 0.5) is 11.5 Å². The molecule has 1 unspecified atom stereocenters. The Hall–Kier alpha value is -1.23. The lowest BCUT2D eigenvalue weighted by molar-refractivity contribution is 0.254. The topological polar surface area (TPSA) is 67.3 Å². The summed E-state index contributed by atoms with van der Waals surface area (Å²) >= 11 is 0. The van der Waals surface area contributed by atoms with Crippen LogP contribution >= 0.6 is 0 Å². The third-order valence-corrected chi connectivity index (χ3v) is 3.20. The molecule has 0 aromatic carbocycles. The molecule has 16 heavy (non-hydrogen) atoms. The van der Waals surface area contributed by atoms with E-state index in [0.29, 0.717) is 5.69 Å². The molecule has 2 rings (SSSR count). The molecule has 3 N–H and O–H groups in total. The van der Waals surface area contributed by atoms with E-state index in [0.717, 1.165) is 25.2 Å². The van der Waals surface area contributed by atoms with Gasteiger partial charge in [0.05, 0.1) is 18.3 Å². The van der Waals surface area contributed by atoms with Gasteiger partial charge in [-0.15, -0.1) is 0 Å². The van der Waals surface area contributed by atoms with E-state index in [-0.39, 0.29) is 12.6 Å². The zero-order chi connectivity index (χ0) is 11.5. The third-order valence-electron chi connectivity index (χ3n) is 3.20. The summed E-state index contributed by atoms with van der Waals surface area (Å²) < 4.78 is 1.73. The van der Waals surface area contributed by atoms with Gasteiger partial charge in [-0.1, -0.05) is 12.8 Å². The van der Waals surface area contributed by atoms with Gasteiger partial charge in [-0.2, -0.15) is 5.10 Å². The average Bonchev–Trinajstić information content (AvgIpc) is 2.51. The van der Waals surface area contributed by atoms with Gasteiger partial charge in [0, 0.05) is 19.8 Å². The lowest BCUT2D eigenvalue weighted by Gasteiger charge is -2.28. The van der Waals surface area contributed by atoms with Crippen LogP contribution in [0, 0.1) is 0 Å². The molecule has 1 fully saturated rings. The van der Waals surface area contributed by atoms with Gasteiger partial charge in [0.2, 0.25) is 0 Å². The first-order valence-electron chi connectivity index (χ1n) is 5.89. The van der Waals surface area contributed by atoms with Crippen molar-refractivity contribution in [3.8, 4) is 0 Å². The number of aromatic nitrogens is 2. The molecule has 1 aromatic rings. The molecule has 5 heteroatoms. The Balaban J connectivity index is 2.24. The average molecular weight is 224 g/mol. The van der Waals surface area contributed by atoms with Gasteiger partial charge in [-0.05, 0) is 12.8 Å². The first-order chi connectivity index (χ1) is 7.72. The van der Waals surface area contributed by atoms with Crippen molar-refractivity contribution >= 4 is 11.5 Å². The predicted molar refractivity (Wildman–Crippen MR) is 64.3 cm³/mol. The Morgan fingerprint density at radius 3 is 2.94 bits per heavy atom. The summed E-state index contributed by atoms with van der Waals surface area (Å²) in [6.45, 7) is 1.11. The maximum absolute atomic E-state index is 9.43. The van der Waals surface area contributed by atoms with Crippen LogP contribution in [-0.2, 0) is 7.05 Å². The SMILES string of the molecule is Cn1cc(N)c(N2CCCCCC2CO)n1. The number of aryl methyl sites for hydroxylation is 1. The highest BCUT2D eigenvalue weighted by Crippen LogP contribution is 2.27. The van der Waals surface area contributed by atoms with E-state index >= 15 is 0 Å². The molecular formula is C11H20N4O. The van der Waals surface area contributed by atoms with Crippen molar-refractivity contribution in [2.45, 2.75) is 31.7 Å². The molecule has 0 aliphatic carbocycles. The minimum Gasteiger partial charge on any atom is -0.394 e. The number of aliphatic hydroxyl groups excluding tert-OH is 1. The Morgan fingerprint density at radius 2 is 2.31 bits per heavy atom. The summed E-state index contributed by atoms with van der Waals surface area (Å²) in [6.07, 6.45) is 6.38. The van der Waals surface area contributed by atoms with Crippen LogP contribution in [0.3, 0.4) is 0 Å². The summed E-state index contributed by atoms with van der Waals surface area (Å²) in [6, 6.07) is 0.166. The first kappa shape index (κ1) is 11.3. The number of rotatable bonds is 2. The molecule has 2 heterocycles. The van der Waals surface area contributed by atoms with E-state index in [1.165, 1.54) is 12.8 Å². The quantitative estimate of drug-likeness (QED) is 0.777. The number of hydrogen-bond donors (Lipinski definition) is 2. The molecule has 1 aliphatic heterocycles. The van der Waals surface area contributed by atoms with Gasteiger partial charge in [0.25, 0.3) is 0 Å². The van der Waals surface area contributed by atoms with Crippen LogP contribution in [0.25, 0.3) is 0 Å². The van der Waals surface area contributed by atoms with E-state index in [2.05, 4.69) is 10.00 Å². The molecule has 90 valence electrons. The molecule has 1 aromatic heterocycles. The lowest BCUT2D eigenvalue weighted by atomic mass is 10.1. The van der Waals surface area contributed by atoms with Crippen LogP contribution in [-0.4, -0.2) is 34.1 Å². The Morgan fingerprint density at radius 1 is 1.50 bits per heavy atom. The standard InChI is InChI=1S/C11H20N4O/c1-14-7-10(12)11(13-14)15-6-4-2-3-5-9(15)8-16/h7,9,16H,2-6,8,12H2,1H3. The van der Waals surface area contributed by atoms with Gasteiger partial charge >= 0.3 is 0 Å². The normalized spacial score (nSPS) is 22.1. The number of anilines is 2. The van der Waals surface area contributed by atoms with E-state index in [4.69, 9.17) is 5.73 Å². The van der Waals surface area contributed by atoms with Crippen LogP contribution in [0.15, 0.2) is 6.20 Å². The Bertz CT molecular complexity index is 350. The highest BCUT2D eigenvalue weighted by molar-refractivity contribution is 5.62. The molecule has 0 spiro atoms. The molecule has 1 atom stereocenters. The third kappa shape index (κ3) is 2.14. The fraction of sp³-hybridized carbons (Fsp3) is 0.727. The van der Waals surface area contributed by atoms with Crippen LogP contribution in [0.1, 0.15) is 25.7 Å². The zero-order valence-electron chi connectivity index (χ0n) is 9.76. The van der Waals surface area contributed by atoms with Crippen molar-refractivity contribution in [3.63, 3.8) is 0 Å². The minimum atomic E-state index is 0.166. The van der Waals surface area contributed by atoms with Crippen molar-refractivity contribution in [1.29, 1.82) is 0 Å². The van der Waals surface area contributed by atoms with E-state index in [1.54, 1.807) is 4.68 Å². The van der Waals surface area contributed by atoms with Gasteiger partial charge in [-0.25, -0.2) is 0 Å². The smallest absolute Gasteiger partial charge is 0.174 e. The first-order valence-corrected chi connectivity index (χ1v) is 5.89. The van der Waals surface area contributed by atoms with E-state index in [1.807, 2.05) is 13.2 Å². The Kier molecular flexibility index (Phi) is 3.33. The molecule has 1 saturated heterocycles. The number of nitrogens with two attached hydrogens (primary N) is 1. The largest absolute Gasteiger partial charge is 0.394 e. The summed E-state index contributed by atoms with van der Waals surface area (Å²) in [4.78, 5) is 2.16. The fourth-order valence-electron chi connectivity index (χ4n) is 2.36. The van der Waals surface area contributed by atoms with Crippen molar-refractivity contribution in [2.75, 3.05) is 23.8 Å². The second kappa shape index (κ2) is 4.74. The maximum Gasteiger partial charge on any atom is 0.174 e. The number of nitrogen functional groups attached to an aromatic ring is 1. The van der Waals surface area contributed by atoms with Crippen molar-refractivity contribution in [2.24, 2.45) is 7.05 Å². The monoisotopic (exact) mass is 224 g/mol. The molecular weight excluding hydrogens is 204 g/mol. The minimum absolute atomic E-state index is 0.166. The van der Waals surface area contributed by atoms with Gasteiger partial charge in [0.1, 0.15) is 0 Å². The molecule has 0 radical (unpaired) electrons. The summed E-state index contributed by atoms with van der Waals surface area (Å²) in [5.41, 5.74) is 6.63. The van der Waals surface area contributed by atoms with Crippen molar-refractivity contribution in [1.82, 2.24) is 9.78 Å². The number of nitrogens with zero attached hydrogens (tertiary/aromatic N) is 3. The van der Waals surface area contributed by atoms with Gasteiger partial charge in [-0.3, -0.25) is 4.68 Å². The predicted octanol–water partition coefficient (Wildman–Crippen LogP) is 0.744.